The molecule has 1 unspecified atom stereocenters. The Morgan fingerprint density at radius 1 is 1.68 bits per heavy atom. The summed E-state index contributed by atoms with van der Waals surface area (Å²) in [6.07, 6.45) is 2.26. The number of carbonyl (C=O) groups excluding carboxylic acids is 1. The molecular weight excluding hydrogens is 258 g/mol. The third-order valence-corrected chi connectivity index (χ3v) is 4.39. The SMILES string of the molecule is [3H]c1ccc2sc(N3CCC(C(=O)NC=C)C3)nc2c1. The number of nitrogens with one attached hydrogen (secondary N) is 1. The number of benzene rings is 1. The fourth-order valence-corrected chi connectivity index (χ4v) is 3.29. The molecule has 1 aliphatic heterocycles. The summed E-state index contributed by atoms with van der Waals surface area (Å²) < 4.78 is 8.70. The van der Waals surface area contributed by atoms with Gasteiger partial charge in [-0.3, -0.25) is 4.79 Å². The van der Waals surface area contributed by atoms with E-state index in [2.05, 4.69) is 21.8 Å². The first kappa shape index (κ1) is 11.0. The lowest BCUT2D eigenvalue weighted by Crippen LogP contribution is -2.29. The monoisotopic (exact) mass is 275 g/mol. The van der Waals surface area contributed by atoms with Crippen LogP contribution in [0.5, 0.6) is 0 Å². The van der Waals surface area contributed by atoms with Gasteiger partial charge in [-0.05, 0) is 24.8 Å². The lowest BCUT2D eigenvalue weighted by Gasteiger charge is -2.14. The van der Waals surface area contributed by atoms with Crippen molar-refractivity contribution in [3.63, 3.8) is 0 Å². The van der Waals surface area contributed by atoms with Crippen LogP contribution < -0.4 is 10.2 Å². The van der Waals surface area contributed by atoms with Crippen molar-refractivity contribution in [2.24, 2.45) is 5.92 Å². The van der Waals surface area contributed by atoms with Crippen LogP contribution >= 0.6 is 11.3 Å². The zero-order chi connectivity index (χ0) is 14.1. The van der Waals surface area contributed by atoms with Crippen LogP contribution in [0.1, 0.15) is 7.79 Å². The first-order chi connectivity index (χ1) is 9.67. The number of hydrogen-bond donors (Lipinski definition) is 1. The van der Waals surface area contributed by atoms with Gasteiger partial charge < -0.3 is 10.2 Å². The largest absolute Gasteiger partial charge is 0.347 e. The van der Waals surface area contributed by atoms with E-state index in [1.165, 1.54) is 6.20 Å². The summed E-state index contributed by atoms with van der Waals surface area (Å²) in [4.78, 5) is 18.5. The molecule has 0 bridgehead atoms. The Labute approximate surface area is 117 Å². The Kier molecular flexibility index (Phi) is 2.90. The highest BCUT2D eigenvalue weighted by Crippen LogP contribution is 2.31. The normalized spacial score (nSPS) is 19.5. The van der Waals surface area contributed by atoms with E-state index in [1.807, 2.05) is 6.07 Å². The minimum Gasteiger partial charge on any atom is -0.347 e. The van der Waals surface area contributed by atoms with Gasteiger partial charge in [0.15, 0.2) is 5.13 Å². The third kappa shape index (κ3) is 2.33. The lowest BCUT2D eigenvalue weighted by atomic mass is 10.1. The number of aromatic nitrogens is 1. The number of hydrogen-bond acceptors (Lipinski definition) is 4. The standard InChI is InChI=1S/C14H15N3OS/c1-2-15-13(18)10-7-8-17(9-10)14-16-11-5-3-4-6-12(11)19-14/h2-6,10H,1,7-9H2,(H,15,18)/i3T. The number of nitrogens with zero attached hydrogens (tertiary/aromatic N) is 2. The van der Waals surface area contributed by atoms with Crippen molar-refractivity contribution in [2.75, 3.05) is 18.0 Å². The Morgan fingerprint density at radius 2 is 2.58 bits per heavy atom. The van der Waals surface area contributed by atoms with Gasteiger partial charge in [-0.1, -0.05) is 30.0 Å². The predicted molar refractivity (Wildman–Crippen MR) is 78.3 cm³/mol. The average molecular weight is 275 g/mol. The maximum absolute atomic E-state index is 11.8. The Bertz CT molecular complexity index is 669. The lowest BCUT2D eigenvalue weighted by molar-refractivity contribution is -0.123. The van der Waals surface area contributed by atoms with Gasteiger partial charge in [-0.2, -0.15) is 0 Å². The molecule has 0 saturated carbocycles. The van der Waals surface area contributed by atoms with Crippen LogP contribution in [0.3, 0.4) is 0 Å². The number of fused-ring (bicyclic) bond motifs is 1. The topological polar surface area (TPSA) is 45.2 Å². The zero-order valence-corrected chi connectivity index (χ0v) is 11.2. The molecule has 1 amide bonds. The van der Waals surface area contributed by atoms with Crippen LogP contribution in [0.4, 0.5) is 5.13 Å². The fraction of sp³-hybridized carbons (Fsp3) is 0.286. The summed E-state index contributed by atoms with van der Waals surface area (Å²) in [5.41, 5.74) is 0.858. The molecule has 0 radical (unpaired) electrons. The maximum atomic E-state index is 11.8. The highest BCUT2D eigenvalue weighted by molar-refractivity contribution is 7.22. The van der Waals surface area contributed by atoms with Crippen molar-refractivity contribution in [1.82, 2.24) is 10.3 Å². The van der Waals surface area contributed by atoms with E-state index in [0.29, 0.717) is 12.6 Å². The zero-order valence-electron chi connectivity index (χ0n) is 11.4. The highest BCUT2D eigenvalue weighted by atomic mass is 32.1. The maximum Gasteiger partial charge on any atom is 0.228 e. The number of carbonyl (C=O) groups is 1. The molecule has 1 aromatic heterocycles. The van der Waals surface area contributed by atoms with Gasteiger partial charge in [0.2, 0.25) is 5.91 Å². The predicted octanol–water partition coefficient (Wildman–Crippen LogP) is 2.38. The van der Waals surface area contributed by atoms with Crippen LogP contribution in [-0.4, -0.2) is 24.0 Å². The second-order valence-corrected chi connectivity index (χ2v) is 5.54. The molecule has 3 rings (SSSR count). The van der Waals surface area contributed by atoms with Gasteiger partial charge in [0.1, 0.15) is 0 Å². The van der Waals surface area contributed by atoms with Crippen LogP contribution in [0.25, 0.3) is 10.2 Å². The van der Waals surface area contributed by atoms with Crippen molar-refractivity contribution in [1.29, 1.82) is 0 Å². The molecule has 19 heavy (non-hydrogen) atoms. The van der Waals surface area contributed by atoms with E-state index < -0.39 is 0 Å². The van der Waals surface area contributed by atoms with Crippen LogP contribution in [-0.2, 0) is 4.79 Å². The number of amides is 1. The fourth-order valence-electron chi connectivity index (χ4n) is 2.31. The number of para-hydroxylation sites is 1. The van der Waals surface area contributed by atoms with E-state index in [9.17, 15) is 4.79 Å². The smallest absolute Gasteiger partial charge is 0.228 e. The van der Waals surface area contributed by atoms with Crippen LogP contribution in [0.2, 0.25) is 0 Å². The highest BCUT2D eigenvalue weighted by Gasteiger charge is 2.29. The average Bonchev–Trinajstić information content (AvgIpc) is 3.04. The van der Waals surface area contributed by atoms with Crippen molar-refractivity contribution in [3.05, 3.63) is 37.0 Å². The third-order valence-electron chi connectivity index (χ3n) is 3.29. The first-order valence-corrected chi connectivity index (χ1v) is 7.02. The van der Waals surface area contributed by atoms with E-state index in [0.717, 1.165) is 28.3 Å². The summed E-state index contributed by atoms with van der Waals surface area (Å²) in [6.45, 7) is 5.04. The van der Waals surface area contributed by atoms with Crippen molar-refractivity contribution in [3.8, 4) is 0 Å². The Morgan fingerprint density at radius 3 is 3.42 bits per heavy atom. The molecule has 0 spiro atoms. The summed E-state index contributed by atoms with van der Waals surface area (Å²) >= 11 is 1.61. The van der Waals surface area contributed by atoms with E-state index >= 15 is 0 Å². The molecule has 4 nitrogen and oxygen atoms in total. The molecule has 0 aliphatic carbocycles. The van der Waals surface area contributed by atoms with Gasteiger partial charge in [0.05, 0.1) is 17.5 Å². The van der Waals surface area contributed by atoms with Gasteiger partial charge in [0.25, 0.3) is 0 Å². The molecule has 1 aliphatic rings. The van der Waals surface area contributed by atoms with Crippen molar-refractivity contribution >= 4 is 32.6 Å². The number of rotatable bonds is 3. The minimum absolute atomic E-state index is 0.00764. The van der Waals surface area contributed by atoms with Gasteiger partial charge in [-0.15, -0.1) is 0 Å². The molecular formula is C14H15N3OS. The molecule has 1 N–H and O–H groups in total. The molecule has 5 heteroatoms. The Balaban J connectivity index is 1.79. The van der Waals surface area contributed by atoms with Crippen LogP contribution in [0, 0.1) is 5.92 Å². The van der Waals surface area contributed by atoms with Gasteiger partial charge >= 0.3 is 0 Å². The van der Waals surface area contributed by atoms with Gasteiger partial charge in [0, 0.05) is 13.1 Å². The molecule has 1 aromatic carbocycles. The second-order valence-electron chi connectivity index (χ2n) is 4.53. The summed E-state index contributed by atoms with van der Waals surface area (Å²) in [5.74, 6) is 0.0174. The molecule has 98 valence electrons. The van der Waals surface area contributed by atoms with E-state index in [-0.39, 0.29) is 11.8 Å². The molecule has 1 atom stereocenters. The summed E-state index contributed by atoms with van der Waals surface area (Å²) in [6, 6.07) is 5.94. The van der Waals surface area contributed by atoms with Crippen molar-refractivity contribution in [2.45, 2.75) is 6.42 Å². The van der Waals surface area contributed by atoms with Crippen molar-refractivity contribution < 1.29 is 6.17 Å². The molecule has 1 saturated heterocycles. The quantitative estimate of drug-likeness (QED) is 0.935. The van der Waals surface area contributed by atoms with Gasteiger partial charge in [-0.25, -0.2) is 4.98 Å². The molecule has 2 heterocycles. The molecule has 1 fully saturated rings. The Hall–Kier alpha value is -1.88. The molecule has 2 aromatic rings. The second kappa shape index (κ2) is 5.01. The van der Waals surface area contributed by atoms with E-state index in [1.54, 1.807) is 23.5 Å². The summed E-state index contributed by atoms with van der Waals surface area (Å²) in [7, 11) is 0. The number of anilines is 1. The number of thiazole rings is 1. The van der Waals surface area contributed by atoms with E-state index in [4.69, 9.17) is 1.37 Å². The summed E-state index contributed by atoms with van der Waals surface area (Å²) in [5, 5.41) is 3.58. The first-order valence-electron chi connectivity index (χ1n) is 6.71. The minimum atomic E-state index is -0.00764. The van der Waals surface area contributed by atoms with Crippen LogP contribution in [0.15, 0.2) is 37.0 Å².